The number of carboxylic acids is 1. The Kier molecular flexibility index (Phi) is 3.09. The number of halogens is 2. The van der Waals surface area contributed by atoms with Crippen molar-refractivity contribution in [3.8, 4) is 11.1 Å². The van der Waals surface area contributed by atoms with Gasteiger partial charge in [-0.25, -0.2) is 9.18 Å². The van der Waals surface area contributed by atoms with Crippen LogP contribution in [0.2, 0.25) is 5.02 Å². The zero-order valence-electron chi connectivity index (χ0n) is 9.74. The van der Waals surface area contributed by atoms with E-state index in [-0.39, 0.29) is 21.8 Å². The number of nitrogens with zero attached hydrogens (tertiary/aromatic N) is 2. The Labute approximate surface area is 108 Å². The minimum absolute atomic E-state index is 0.0715. The van der Waals surface area contributed by atoms with Crippen molar-refractivity contribution >= 4 is 17.6 Å². The molecule has 0 saturated carbocycles. The summed E-state index contributed by atoms with van der Waals surface area (Å²) in [4.78, 5) is 11.1. The lowest BCUT2D eigenvalue weighted by Crippen LogP contribution is -2.01. The normalized spacial score (nSPS) is 10.7. The molecule has 1 heterocycles. The van der Waals surface area contributed by atoms with Crippen LogP contribution in [0.15, 0.2) is 18.2 Å². The van der Waals surface area contributed by atoms with E-state index in [1.165, 1.54) is 22.9 Å². The van der Waals surface area contributed by atoms with E-state index in [1.54, 1.807) is 14.0 Å². The van der Waals surface area contributed by atoms with Gasteiger partial charge in [0.15, 0.2) is 5.69 Å². The molecule has 1 N–H and O–H groups in total. The van der Waals surface area contributed by atoms with Gasteiger partial charge in [0.1, 0.15) is 5.82 Å². The van der Waals surface area contributed by atoms with E-state index < -0.39 is 11.8 Å². The van der Waals surface area contributed by atoms with Gasteiger partial charge in [0.05, 0.1) is 5.02 Å². The molecule has 6 heteroatoms. The maximum absolute atomic E-state index is 13.9. The van der Waals surface area contributed by atoms with E-state index >= 15 is 0 Å². The SMILES string of the molecule is Cc1c(-c2c(F)cccc2Cl)c(C(=O)O)nn1C. The molecule has 1 aromatic heterocycles. The summed E-state index contributed by atoms with van der Waals surface area (Å²) in [6.07, 6.45) is 0. The molecule has 0 aliphatic heterocycles. The molecule has 94 valence electrons. The lowest BCUT2D eigenvalue weighted by Gasteiger charge is -2.06. The number of aryl methyl sites for hydroxylation is 1. The van der Waals surface area contributed by atoms with Crippen molar-refractivity contribution in [2.24, 2.45) is 7.05 Å². The number of aromatic nitrogens is 2. The summed E-state index contributed by atoms with van der Waals surface area (Å²) >= 11 is 5.95. The summed E-state index contributed by atoms with van der Waals surface area (Å²) in [6.45, 7) is 1.66. The second-order valence-electron chi connectivity index (χ2n) is 3.83. The van der Waals surface area contributed by atoms with Crippen LogP contribution in [0.25, 0.3) is 11.1 Å². The minimum atomic E-state index is -1.21. The van der Waals surface area contributed by atoms with Gasteiger partial charge in [-0.3, -0.25) is 4.68 Å². The van der Waals surface area contributed by atoms with Crippen LogP contribution in [0.4, 0.5) is 4.39 Å². The molecule has 0 radical (unpaired) electrons. The van der Waals surface area contributed by atoms with Crippen LogP contribution in [0.1, 0.15) is 16.2 Å². The molecule has 2 aromatic rings. The van der Waals surface area contributed by atoms with Crippen LogP contribution >= 0.6 is 11.6 Å². The van der Waals surface area contributed by atoms with Gasteiger partial charge < -0.3 is 5.11 Å². The molecular weight excluding hydrogens is 259 g/mol. The van der Waals surface area contributed by atoms with E-state index in [2.05, 4.69) is 5.10 Å². The standard InChI is InChI=1S/C12H10ClFN2O2/c1-6-9(11(12(17)18)15-16(6)2)10-7(13)4-3-5-8(10)14/h3-5H,1-2H3,(H,17,18). The number of carboxylic acid groups (broad SMARTS) is 1. The van der Waals surface area contributed by atoms with Crippen LogP contribution < -0.4 is 0 Å². The van der Waals surface area contributed by atoms with Crippen molar-refractivity contribution in [2.75, 3.05) is 0 Å². The Morgan fingerprint density at radius 1 is 1.44 bits per heavy atom. The Bertz CT molecular complexity index is 617. The van der Waals surface area contributed by atoms with Crippen molar-refractivity contribution in [1.82, 2.24) is 9.78 Å². The molecule has 0 aliphatic carbocycles. The van der Waals surface area contributed by atoms with Gasteiger partial charge in [-0.2, -0.15) is 5.10 Å². The second-order valence-corrected chi connectivity index (χ2v) is 4.24. The van der Waals surface area contributed by atoms with Crippen LogP contribution in [0, 0.1) is 12.7 Å². The number of carbonyl (C=O) groups is 1. The molecule has 0 spiro atoms. The Morgan fingerprint density at radius 2 is 2.11 bits per heavy atom. The van der Waals surface area contributed by atoms with Crippen molar-refractivity contribution in [3.05, 3.63) is 40.4 Å². The Hall–Kier alpha value is -1.88. The summed E-state index contributed by atoms with van der Waals surface area (Å²) in [5.74, 6) is -1.78. The molecule has 2 rings (SSSR count). The average molecular weight is 269 g/mol. The number of aromatic carboxylic acids is 1. The summed E-state index contributed by atoms with van der Waals surface area (Å²) in [6, 6.07) is 4.21. The first-order valence-electron chi connectivity index (χ1n) is 5.14. The topological polar surface area (TPSA) is 55.1 Å². The highest BCUT2D eigenvalue weighted by Crippen LogP contribution is 2.34. The first-order chi connectivity index (χ1) is 8.43. The van der Waals surface area contributed by atoms with Gasteiger partial charge in [0.25, 0.3) is 0 Å². The quantitative estimate of drug-likeness (QED) is 0.911. The molecule has 0 unspecified atom stereocenters. The highest BCUT2D eigenvalue weighted by Gasteiger charge is 2.24. The summed E-state index contributed by atoms with van der Waals surface area (Å²) < 4.78 is 15.2. The number of hydrogen-bond donors (Lipinski definition) is 1. The third-order valence-corrected chi connectivity index (χ3v) is 3.06. The zero-order valence-corrected chi connectivity index (χ0v) is 10.5. The third-order valence-electron chi connectivity index (χ3n) is 2.75. The van der Waals surface area contributed by atoms with Crippen molar-refractivity contribution in [2.45, 2.75) is 6.92 Å². The highest BCUT2D eigenvalue weighted by atomic mass is 35.5. The Balaban J connectivity index is 2.82. The lowest BCUT2D eigenvalue weighted by molar-refractivity contribution is 0.0690. The van der Waals surface area contributed by atoms with E-state index in [4.69, 9.17) is 16.7 Å². The van der Waals surface area contributed by atoms with Crippen molar-refractivity contribution in [3.63, 3.8) is 0 Å². The second kappa shape index (κ2) is 4.42. The maximum Gasteiger partial charge on any atom is 0.357 e. The predicted molar refractivity (Wildman–Crippen MR) is 65.3 cm³/mol. The molecule has 1 aromatic carbocycles. The lowest BCUT2D eigenvalue weighted by atomic mass is 10.0. The van der Waals surface area contributed by atoms with Crippen molar-refractivity contribution < 1.29 is 14.3 Å². The smallest absolute Gasteiger partial charge is 0.357 e. The largest absolute Gasteiger partial charge is 0.476 e. The molecule has 0 atom stereocenters. The molecular formula is C12H10ClFN2O2. The molecule has 0 bridgehead atoms. The summed E-state index contributed by atoms with van der Waals surface area (Å²) in [7, 11) is 1.60. The fourth-order valence-electron chi connectivity index (χ4n) is 1.79. The zero-order chi connectivity index (χ0) is 13.4. The maximum atomic E-state index is 13.9. The minimum Gasteiger partial charge on any atom is -0.476 e. The van der Waals surface area contributed by atoms with Crippen LogP contribution in [-0.4, -0.2) is 20.9 Å². The van der Waals surface area contributed by atoms with Crippen LogP contribution in [-0.2, 0) is 7.05 Å². The van der Waals surface area contributed by atoms with Gasteiger partial charge in [-0.05, 0) is 19.1 Å². The molecule has 18 heavy (non-hydrogen) atoms. The van der Waals surface area contributed by atoms with Gasteiger partial charge in [0.2, 0.25) is 0 Å². The number of benzene rings is 1. The summed E-state index contributed by atoms with van der Waals surface area (Å²) in [5.41, 5.74) is 0.622. The molecule has 4 nitrogen and oxygen atoms in total. The molecule has 0 aliphatic rings. The molecule has 0 amide bonds. The number of hydrogen-bond acceptors (Lipinski definition) is 2. The van der Waals surface area contributed by atoms with E-state index in [9.17, 15) is 9.18 Å². The monoisotopic (exact) mass is 268 g/mol. The van der Waals surface area contributed by atoms with Gasteiger partial charge in [-0.1, -0.05) is 17.7 Å². The van der Waals surface area contributed by atoms with E-state index in [0.717, 1.165) is 0 Å². The fourth-order valence-corrected chi connectivity index (χ4v) is 2.05. The third kappa shape index (κ3) is 1.86. The van der Waals surface area contributed by atoms with E-state index in [1.807, 2.05) is 0 Å². The van der Waals surface area contributed by atoms with Crippen LogP contribution in [0.5, 0.6) is 0 Å². The van der Waals surface area contributed by atoms with Gasteiger partial charge >= 0.3 is 5.97 Å². The molecule has 0 fully saturated rings. The van der Waals surface area contributed by atoms with Gasteiger partial charge in [-0.15, -0.1) is 0 Å². The van der Waals surface area contributed by atoms with Gasteiger partial charge in [0, 0.05) is 23.9 Å². The highest BCUT2D eigenvalue weighted by molar-refractivity contribution is 6.33. The molecule has 0 saturated heterocycles. The first-order valence-corrected chi connectivity index (χ1v) is 5.52. The average Bonchev–Trinajstić information content (AvgIpc) is 2.57. The van der Waals surface area contributed by atoms with Crippen molar-refractivity contribution in [1.29, 1.82) is 0 Å². The van der Waals surface area contributed by atoms with E-state index in [0.29, 0.717) is 5.69 Å². The fraction of sp³-hybridized carbons (Fsp3) is 0.167. The first kappa shape index (κ1) is 12.6. The van der Waals surface area contributed by atoms with Crippen LogP contribution in [0.3, 0.4) is 0 Å². The Morgan fingerprint density at radius 3 is 2.67 bits per heavy atom. The predicted octanol–water partition coefficient (Wildman–Crippen LogP) is 2.89. The summed E-state index contributed by atoms with van der Waals surface area (Å²) in [5, 5.41) is 13.1. The number of rotatable bonds is 2.